The standard InChI is InChI=1S/C77H142O17P2/c1-5-9-13-17-21-25-29-33-35-39-42-46-50-54-58-62-75(80)88-68-72(93-76(81)63-59-55-51-47-43-38-32-28-24-20-16-12-8-4)69-91-95(83,84)89-65-71(78)66-90-96(85,86)92-70-73(67-87-74(79)61-57-53-49-45-41-37-31-27-23-19-15-11-7-3)94-77(82)64-60-56-52-48-44-40-36-34-30-26-22-18-14-10-6-2/h21,25,27,31,33-36,71-73,78H,5-20,22-24,26,28-30,32,37-70H2,1-4H3,(H,83,84)(H,85,86)/b25-21-,31-27-,35-33-,36-34-/t71-,72+,73+/m0/s1. The highest BCUT2D eigenvalue weighted by Crippen LogP contribution is 2.45. The molecular formula is C77H142O17P2. The summed E-state index contributed by atoms with van der Waals surface area (Å²) in [5.41, 5.74) is 0. The van der Waals surface area contributed by atoms with Crippen LogP contribution in [-0.4, -0.2) is 96.7 Å². The van der Waals surface area contributed by atoms with Gasteiger partial charge in [-0.15, -0.1) is 0 Å². The first-order chi connectivity index (χ1) is 46.7. The Morgan fingerprint density at radius 1 is 0.292 bits per heavy atom. The van der Waals surface area contributed by atoms with Crippen molar-refractivity contribution in [3.63, 3.8) is 0 Å². The lowest BCUT2D eigenvalue weighted by atomic mass is 10.0. The van der Waals surface area contributed by atoms with Gasteiger partial charge in [0.2, 0.25) is 0 Å². The average Bonchev–Trinajstić information content (AvgIpc) is 1.17. The molecule has 0 heterocycles. The minimum Gasteiger partial charge on any atom is -0.462 e. The molecule has 0 aromatic heterocycles. The third-order valence-electron chi connectivity index (χ3n) is 16.8. The van der Waals surface area contributed by atoms with Gasteiger partial charge in [-0.05, 0) is 109 Å². The average molecular weight is 1400 g/mol. The number of unbranched alkanes of at least 4 members (excludes halogenated alkanes) is 40. The molecule has 0 saturated heterocycles. The van der Waals surface area contributed by atoms with Crippen molar-refractivity contribution in [2.75, 3.05) is 39.6 Å². The fraction of sp³-hybridized carbons (Fsp3) is 0.844. The SMILES string of the molecule is CCCCC/C=C\C/C=C\CCCCCCCC(=O)OC[C@H](COP(=O)(O)OC[C@H](O)COP(=O)(O)OC[C@@H](COC(=O)CCCCCCC/C=C\CCCCCC)OC(=O)CCCCCCC/C=C\CCCCCCCC)OC(=O)CCCCCCCCCCCCCCC. The van der Waals surface area contributed by atoms with Gasteiger partial charge in [0.25, 0.3) is 0 Å². The number of ether oxygens (including phenoxy) is 4. The van der Waals surface area contributed by atoms with Crippen molar-refractivity contribution >= 4 is 39.5 Å². The van der Waals surface area contributed by atoms with E-state index in [1.54, 1.807) is 0 Å². The Morgan fingerprint density at radius 3 is 0.812 bits per heavy atom. The van der Waals surface area contributed by atoms with E-state index in [1.807, 2.05) is 0 Å². The molecule has 0 fully saturated rings. The van der Waals surface area contributed by atoms with Crippen molar-refractivity contribution in [1.82, 2.24) is 0 Å². The molecule has 0 amide bonds. The molecule has 2 unspecified atom stereocenters. The Balaban J connectivity index is 5.33. The minimum absolute atomic E-state index is 0.0885. The Hall–Kier alpha value is -2.98. The van der Waals surface area contributed by atoms with Gasteiger partial charge in [-0.1, -0.05) is 275 Å². The Labute approximate surface area is 585 Å². The summed E-state index contributed by atoms with van der Waals surface area (Å²) in [5, 5.41) is 10.6. The number of aliphatic hydroxyl groups is 1. The molecule has 0 aromatic carbocycles. The zero-order valence-corrected chi connectivity index (χ0v) is 63.1. The maximum atomic E-state index is 13.1. The van der Waals surface area contributed by atoms with Crippen LogP contribution in [0.4, 0.5) is 0 Å². The van der Waals surface area contributed by atoms with Crippen LogP contribution in [-0.2, 0) is 65.4 Å². The van der Waals surface area contributed by atoms with E-state index < -0.39 is 97.5 Å². The van der Waals surface area contributed by atoms with Crippen molar-refractivity contribution < 1.29 is 80.2 Å². The predicted molar refractivity (Wildman–Crippen MR) is 390 cm³/mol. The Kier molecular flexibility index (Phi) is 68.3. The number of allylic oxidation sites excluding steroid dienone is 8. The van der Waals surface area contributed by atoms with Gasteiger partial charge in [0.15, 0.2) is 12.2 Å². The van der Waals surface area contributed by atoms with Gasteiger partial charge in [0.05, 0.1) is 26.4 Å². The van der Waals surface area contributed by atoms with Gasteiger partial charge >= 0.3 is 39.5 Å². The summed E-state index contributed by atoms with van der Waals surface area (Å²) in [7, 11) is -9.94. The van der Waals surface area contributed by atoms with E-state index in [2.05, 4.69) is 76.3 Å². The fourth-order valence-corrected chi connectivity index (χ4v) is 12.3. The molecule has 5 atom stereocenters. The summed E-state index contributed by atoms with van der Waals surface area (Å²) in [5.74, 6) is -2.17. The molecule has 0 aliphatic heterocycles. The number of phosphoric acid groups is 2. The predicted octanol–water partition coefficient (Wildman–Crippen LogP) is 22.1. The van der Waals surface area contributed by atoms with E-state index in [9.17, 15) is 43.2 Å². The first kappa shape index (κ1) is 93.0. The molecule has 96 heavy (non-hydrogen) atoms. The minimum atomic E-state index is -4.97. The zero-order valence-electron chi connectivity index (χ0n) is 61.3. The number of carbonyl (C=O) groups is 4. The molecule has 0 radical (unpaired) electrons. The van der Waals surface area contributed by atoms with Crippen LogP contribution < -0.4 is 0 Å². The molecule has 0 aliphatic carbocycles. The molecule has 0 bridgehead atoms. The number of aliphatic hydroxyl groups excluding tert-OH is 1. The van der Waals surface area contributed by atoms with Crippen LogP contribution in [0.5, 0.6) is 0 Å². The number of hydrogen-bond acceptors (Lipinski definition) is 15. The number of hydrogen-bond donors (Lipinski definition) is 3. The van der Waals surface area contributed by atoms with Crippen molar-refractivity contribution in [1.29, 1.82) is 0 Å². The third kappa shape index (κ3) is 69.5. The van der Waals surface area contributed by atoms with E-state index >= 15 is 0 Å². The fourth-order valence-electron chi connectivity index (χ4n) is 10.8. The Morgan fingerprint density at radius 2 is 0.510 bits per heavy atom. The molecule has 3 N–H and O–H groups in total. The number of phosphoric ester groups is 2. The lowest BCUT2D eigenvalue weighted by molar-refractivity contribution is -0.161. The van der Waals surface area contributed by atoms with Crippen molar-refractivity contribution in [2.24, 2.45) is 0 Å². The maximum Gasteiger partial charge on any atom is 0.472 e. The molecule has 17 nitrogen and oxygen atoms in total. The van der Waals surface area contributed by atoms with Gasteiger partial charge in [0, 0.05) is 25.7 Å². The topological polar surface area (TPSA) is 237 Å². The van der Waals surface area contributed by atoms with Crippen LogP contribution in [0.1, 0.15) is 362 Å². The summed E-state index contributed by atoms with van der Waals surface area (Å²) in [6.45, 7) is 4.86. The first-order valence-electron chi connectivity index (χ1n) is 38.9. The Bertz CT molecular complexity index is 2010. The van der Waals surface area contributed by atoms with Gasteiger partial charge in [-0.25, -0.2) is 9.13 Å². The van der Waals surface area contributed by atoms with E-state index in [0.29, 0.717) is 25.7 Å². The molecule has 0 aliphatic rings. The van der Waals surface area contributed by atoms with Gasteiger partial charge < -0.3 is 33.8 Å². The van der Waals surface area contributed by atoms with Gasteiger partial charge in [-0.2, -0.15) is 0 Å². The van der Waals surface area contributed by atoms with Crippen molar-refractivity contribution in [3.05, 3.63) is 48.6 Å². The molecule has 0 aromatic rings. The summed E-state index contributed by atoms with van der Waals surface area (Å²) in [6, 6.07) is 0. The van der Waals surface area contributed by atoms with Crippen molar-refractivity contribution in [3.8, 4) is 0 Å². The van der Waals surface area contributed by atoms with E-state index in [1.165, 1.54) is 135 Å². The summed E-state index contributed by atoms with van der Waals surface area (Å²) in [6.07, 6.45) is 66.6. The largest absolute Gasteiger partial charge is 0.472 e. The maximum absolute atomic E-state index is 13.1. The summed E-state index contributed by atoms with van der Waals surface area (Å²) in [4.78, 5) is 72.8. The second kappa shape index (κ2) is 70.5. The molecule has 0 rings (SSSR count). The molecule has 562 valence electrons. The summed E-state index contributed by atoms with van der Waals surface area (Å²) >= 11 is 0. The molecule has 0 saturated carbocycles. The second-order valence-corrected chi connectivity index (χ2v) is 29.2. The quantitative estimate of drug-likeness (QED) is 0.0169. The van der Waals surface area contributed by atoms with Crippen LogP contribution in [0.3, 0.4) is 0 Å². The number of rotatable bonds is 74. The van der Waals surface area contributed by atoms with E-state index in [4.69, 9.17) is 37.0 Å². The van der Waals surface area contributed by atoms with Crippen LogP contribution in [0.25, 0.3) is 0 Å². The lowest BCUT2D eigenvalue weighted by Gasteiger charge is -2.21. The highest BCUT2D eigenvalue weighted by Gasteiger charge is 2.30. The van der Waals surface area contributed by atoms with Gasteiger partial charge in [0.1, 0.15) is 19.3 Å². The second-order valence-electron chi connectivity index (χ2n) is 26.3. The van der Waals surface area contributed by atoms with Crippen LogP contribution in [0.2, 0.25) is 0 Å². The summed E-state index contributed by atoms with van der Waals surface area (Å²) < 4.78 is 68.5. The highest BCUT2D eigenvalue weighted by atomic mass is 31.2. The number of esters is 4. The van der Waals surface area contributed by atoms with Gasteiger partial charge in [-0.3, -0.25) is 37.3 Å². The monoisotopic (exact) mass is 1400 g/mol. The zero-order chi connectivity index (χ0) is 70.4. The van der Waals surface area contributed by atoms with Crippen LogP contribution in [0.15, 0.2) is 48.6 Å². The smallest absolute Gasteiger partial charge is 0.462 e. The first-order valence-corrected chi connectivity index (χ1v) is 41.9. The van der Waals surface area contributed by atoms with E-state index in [-0.39, 0.29) is 25.7 Å². The van der Waals surface area contributed by atoms with Crippen molar-refractivity contribution in [2.45, 2.75) is 380 Å². The highest BCUT2D eigenvalue weighted by molar-refractivity contribution is 7.47. The molecular weight excluding hydrogens is 1260 g/mol. The normalized spacial score (nSPS) is 14.2. The van der Waals surface area contributed by atoms with E-state index in [0.717, 1.165) is 148 Å². The van der Waals surface area contributed by atoms with Crippen LogP contribution in [0, 0.1) is 0 Å². The lowest BCUT2D eigenvalue weighted by Crippen LogP contribution is -2.30. The van der Waals surface area contributed by atoms with Crippen LogP contribution >= 0.6 is 15.6 Å². The molecule has 0 spiro atoms. The third-order valence-corrected chi connectivity index (χ3v) is 18.7. The number of carbonyl (C=O) groups excluding carboxylic acids is 4. The molecule has 19 heteroatoms.